The van der Waals surface area contributed by atoms with Gasteiger partial charge in [0.1, 0.15) is 24.8 Å². The first-order valence-corrected chi connectivity index (χ1v) is 6.37. The standard InChI is InChI=1S/C16H14F2O3/c17-13-5-1-11(2-6-13)15(10-21-16(20)9-19)12-3-7-14(18)8-4-12/h1-8,15,19H,9-10H2. The van der Waals surface area contributed by atoms with Gasteiger partial charge in [-0.25, -0.2) is 13.6 Å². The summed E-state index contributed by atoms with van der Waals surface area (Å²) in [5, 5.41) is 8.69. The Kier molecular flexibility index (Phi) is 5.00. The van der Waals surface area contributed by atoms with Crippen LogP contribution in [-0.4, -0.2) is 24.3 Å². The van der Waals surface area contributed by atoms with Gasteiger partial charge in [-0.2, -0.15) is 0 Å². The van der Waals surface area contributed by atoms with Crippen LogP contribution in [0.1, 0.15) is 17.0 Å². The van der Waals surface area contributed by atoms with E-state index in [4.69, 9.17) is 9.84 Å². The Morgan fingerprint density at radius 3 is 1.76 bits per heavy atom. The van der Waals surface area contributed by atoms with Crippen LogP contribution >= 0.6 is 0 Å². The average molecular weight is 292 g/mol. The van der Waals surface area contributed by atoms with Crippen LogP contribution in [0.4, 0.5) is 8.78 Å². The lowest BCUT2D eigenvalue weighted by Gasteiger charge is -2.18. The fourth-order valence-electron chi connectivity index (χ4n) is 2.00. The second-order valence-electron chi connectivity index (χ2n) is 4.50. The number of halogens is 2. The highest BCUT2D eigenvalue weighted by molar-refractivity contribution is 5.70. The highest BCUT2D eigenvalue weighted by Crippen LogP contribution is 2.25. The maximum atomic E-state index is 13.0. The molecule has 0 spiro atoms. The molecule has 0 unspecified atom stereocenters. The molecule has 0 atom stereocenters. The van der Waals surface area contributed by atoms with E-state index in [0.29, 0.717) is 0 Å². The number of esters is 1. The van der Waals surface area contributed by atoms with Gasteiger partial charge in [-0.3, -0.25) is 0 Å². The maximum absolute atomic E-state index is 13.0. The van der Waals surface area contributed by atoms with Crippen LogP contribution in [0.15, 0.2) is 48.5 Å². The molecule has 0 aliphatic heterocycles. The summed E-state index contributed by atoms with van der Waals surface area (Å²) < 4.78 is 31.0. The number of carbonyl (C=O) groups excluding carboxylic acids is 1. The third kappa shape index (κ3) is 4.10. The van der Waals surface area contributed by atoms with Gasteiger partial charge < -0.3 is 9.84 Å². The van der Waals surface area contributed by atoms with Crippen LogP contribution in [-0.2, 0) is 9.53 Å². The molecule has 0 fully saturated rings. The molecule has 0 saturated heterocycles. The Morgan fingerprint density at radius 1 is 0.952 bits per heavy atom. The van der Waals surface area contributed by atoms with Crippen molar-refractivity contribution in [2.75, 3.05) is 13.2 Å². The molecule has 2 aromatic carbocycles. The summed E-state index contributed by atoms with van der Waals surface area (Å²) in [5.41, 5.74) is 1.46. The lowest BCUT2D eigenvalue weighted by atomic mass is 9.92. The third-order valence-electron chi connectivity index (χ3n) is 3.08. The van der Waals surface area contributed by atoms with Crippen molar-refractivity contribution in [3.63, 3.8) is 0 Å². The van der Waals surface area contributed by atoms with Crippen molar-refractivity contribution < 1.29 is 23.4 Å². The number of hydrogen-bond acceptors (Lipinski definition) is 3. The molecule has 0 aliphatic rings. The molecule has 0 radical (unpaired) electrons. The first kappa shape index (κ1) is 15.1. The van der Waals surface area contributed by atoms with Gasteiger partial charge in [-0.15, -0.1) is 0 Å². The lowest BCUT2D eigenvalue weighted by Crippen LogP contribution is -2.16. The van der Waals surface area contributed by atoms with Gasteiger partial charge in [0.05, 0.1) is 0 Å². The molecule has 0 bridgehead atoms. The molecule has 0 saturated carbocycles. The molecule has 21 heavy (non-hydrogen) atoms. The highest BCUT2D eigenvalue weighted by Gasteiger charge is 2.17. The van der Waals surface area contributed by atoms with E-state index in [1.54, 1.807) is 24.3 Å². The molecule has 3 nitrogen and oxygen atoms in total. The van der Waals surface area contributed by atoms with Crippen molar-refractivity contribution in [1.82, 2.24) is 0 Å². The monoisotopic (exact) mass is 292 g/mol. The molecule has 0 amide bonds. The van der Waals surface area contributed by atoms with Gasteiger partial charge in [0.15, 0.2) is 0 Å². The molecule has 0 aliphatic carbocycles. The van der Waals surface area contributed by atoms with Gasteiger partial charge >= 0.3 is 5.97 Å². The van der Waals surface area contributed by atoms with Crippen LogP contribution in [0.2, 0.25) is 0 Å². The molecular formula is C16H14F2O3. The van der Waals surface area contributed by atoms with E-state index in [9.17, 15) is 13.6 Å². The number of benzene rings is 2. The van der Waals surface area contributed by atoms with E-state index in [1.165, 1.54) is 24.3 Å². The summed E-state index contributed by atoms with van der Waals surface area (Å²) in [6.45, 7) is -0.726. The Hall–Kier alpha value is -2.27. The Balaban J connectivity index is 2.27. The molecule has 1 N–H and O–H groups in total. The van der Waals surface area contributed by atoms with E-state index in [0.717, 1.165) is 11.1 Å². The van der Waals surface area contributed by atoms with E-state index in [2.05, 4.69) is 0 Å². The Morgan fingerprint density at radius 2 is 1.38 bits per heavy atom. The zero-order valence-electron chi connectivity index (χ0n) is 11.1. The van der Waals surface area contributed by atoms with Crippen LogP contribution in [0.3, 0.4) is 0 Å². The average Bonchev–Trinajstić information content (AvgIpc) is 2.50. The minimum Gasteiger partial charge on any atom is -0.463 e. The quantitative estimate of drug-likeness (QED) is 0.862. The molecule has 2 aromatic rings. The van der Waals surface area contributed by atoms with E-state index in [1.807, 2.05) is 0 Å². The Bertz CT molecular complexity index is 548. The fraction of sp³-hybridized carbons (Fsp3) is 0.188. The largest absolute Gasteiger partial charge is 0.463 e. The molecule has 2 rings (SSSR count). The molecule has 110 valence electrons. The number of carbonyl (C=O) groups is 1. The van der Waals surface area contributed by atoms with Crippen molar-refractivity contribution in [1.29, 1.82) is 0 Å². The normalized spacial score (nSPS) is 10.7. The smallest absolute Gasteiger partial charge is 0.331 e. The summed E-state index contributed by atoms with van der Waals surface area (Å²) >= 11 is 0. The summed E-state index contributed by atoms with van der Waals surface area (Å²) in [6.07, 6.45) is 0. The minimum atomic E-state index is -0.746. The molecule has 5 heteroatoms. The summed E-state index contributed by atoms with van der Waals surface area (Å²) in [6, 6.07) is 11.5. The SMILES string of the molecule is O=C(CO)OCC(c1ccc(F)cc1)c1ccc(F)cc1. The van der Waals surface area contributed by atoms with Crippen LogP contribution in [0.5, 0.6) is 0 Å². The highest BCUT2D eigenvalue weighted by atomic mass is 19.1. The van der Waals surface area contributed by atoms with Gasteiger partial charge in [0, 0.05) is 5.92 Å². The van der Waals surface area contributed by atoms with E-state index < -0.39 is 12.6 Å². The zero-order valence-corrected chi connectivity index (χ0v) is 11.1. The molecular weight excluding hydrogens is 278 g/mol. The van der Waals surface area contributed by atoms with Crippen molar-refractivity contribution >= 4 is 5.97 Å². The van der Waals surface area contributed by atoms with Crippen molar-refractivity contribution in [3.8, 4) is 0 Å². The van der Waals surface area contributed by atoms with Crippen LogP contribution < -0.4 is 0 Å². The minimum absolute atomic E-state index is 0.0172. The predicted octanol–water partition coefficient (Wildman–Crippen LogP) is 2.63. The van der Waals surface area contributed by atoms with Crippen molar-refractivity contribution in [3.05, 3.63) is 71.3 Å². The van der Waals surface area contributed by atoms with Gasteiger partial charge in [0.2, 0.25) is 0 Å². The number of aliphatic hydroxyl groups excluding tert-OH is 1. The first-order valence-electron chi connectivity index (χ1n) is 6.37. The topological polar surface area (TPSA) is 46.5 Å². The maximum Gasteiger partial charge on any atom is 0.331 e. The number of aliphatic hydroxyl groups is 1. The zero-order chi connectivity index (χ0) is 15.2. The third-order valence-corrected chi connectivity index (χ3v) is 3.08. The predicted molar refractivity (Wildman–Crippen MR) is 72.7 cm³/mol. The summed E-state index contributed by atoms with van der Waals surface area (Å²) in [4.78, 5) is 11.1. The summed E-state index contributed by atoms with van der Waals surface area (Å²) in [5.74, 6) is -1.85. The fourth-order valence-corrected chi connectivity index (χ4v) is 2.00. The van der Waals surface area contributed by atoms with Crippen LogP contribution in [0.25, 0.3) is 0 Å². The van der Waals surface area contributed by atoms with E-state index >= 15 is 0 Å². The van der Waals surface area contributed by atoms with E-state index in [-0.39, 0.29) is 24.2 Å². The first-order chi connectivity index (χ1) is 10.1. The van der Waals surface area contributed by atoms with Crippen LogP contribution in [0, 0.1) is 11.6 Å². The van der Waals surface area contributed by atoms with Gasteiger partial charge in [-0.1, -0.05) is 24.3 Å². The second kappa shape index (κ2) is 6.95. The second-order valence-corrected chi connectivity index (χ2v) is 4.50. The van der Waals surface area contributed by atoms with Crippen molar-refractivity contribution in [2.24, 2.45) is 0 Å². The summed E-state index contributed by atoms with van der Waals surface area (Å²) in [7, 11) is 0. The van der Waals surface area contributed by atoms with Gasteiger partial charge in [-0.05, 0) is 35.4 Å². The lowest BCUT2D eigenvalue weighted by molar-refractivity contribution is -0.147. The van der Waals surface area contributed by atoms with Gasteiger partial charge in [0.25, 0.3) is 0 Å². The number of hydrogen-bond donors (Lipinski definition) is 1. The Labute approximate surface area is 120 Å². The van der Waals surface area contributed by atoms with Crippen molar-refractivity contribution in [2.45, 2.75) is 5.92 Å². The number of rotatable bonds is 5. The molecule has 0 aromatic heterocycles. The number of ether oxygens (including phenoxy) is 1. The molecule has 0 heterocycles.